The minimum absolute atomic E-state index is 0.142. The molecule has 0 bridgehead atoms. The molecule has 4 aromatic carbocycles. The van der Waals surface area contributed by atoms with Crippen molar-refractivity contribution in [3.8, 4) is 23.0 Å². The Balaban J connectivity index is 0.000000164. The number of unbranched alkanes of at least 4 members (excludes halogenated alkanes) is 1. The van der Waals surface area contributed by atoms with Crippen molar-refractivity contribution in [3.05, 3.63) is 130 Å². The number of hydrogen-bond donors (Lipinski definition) is 0. The molecule has 0 amide bonds. The van der Waals surface area contributed by atoms with E-state index in [9.17, 15) is 0 Å². The summed E-state index contributed by atoms with van der Waals surface area (Å²) in [5.74, 6) is 3.80. The van der Waals surface area contributed by atoms with Gasteiger partial charge >= 0.3 is 0 Å². The first-order valence-electron chi connectivity index (χ1n) is 23.9. The van der Waals surface area contributed by atoms with Crippen LogP contribution >= 0.6 is 0 Å². The van der Waals surface area contributed by atoms with E-state index in [2.05, 4.69) is 114 Å². The van der Waals surface area contributed by atoms with Gasteiger partial charge in [-0.25, -0.2) is 0 Å². The third-order valence-electron chi connectivity index (χ3n) is 13.3. The van der Waals surface area contributed by atoms with Gasteiger partial charge < -0.3 is 47.4 Å². The predicted octanol–water partition coefficient (Wildman–Crippen LogP) is 9.09. The summed E-state index contributed by atoms with van der Waals surface area (Å²) in [5.41, 5.74) is 9.65. The van der Waals surface area contributed by atoms with E-state index < -0.39 is 0 Å². The van der Waals surface area contributed by atoms with Gasteiger partial charge in [-0.2, -0.15) is 0 Å². The number of rotatable bonds is 25. The summed E-state index contributed by atoms with van der Waals surface area (Å²) in [6.45, 7) is 22.7. The Morgan fingerprint density at radius 1 is 0.477 bits per heavy atom. The fourth-order valence-corrected chi connectivity index (χ4v) is 8.22. The standard InChI is InChI=1S/C28H36O5.C27H32O5/c1-4-5-6-19-11-21(7-9-26(19)32-17-24-15-30-24)28(2,3)22-8-10-27(33-18-25-16-31-25)20(12-22)13-23-14-29-23;1-4-5-18-10-20(6-8-25(18)31-16-23-14-29-23)27(2,3)21-7-9-26(32-17-24-15-30-24)19(11-21)12-22-13-28-22/h7-12,23-25H,4-6,13-18H2,1-3H3;4,6-11,22-24H,1,5,12-17H2,2-3H3. The Kier molecular flexibility index (Phi) is 14.2. The topological polar surface area (TPSA) is 112 Å². The average Bonchev–Trinajstić information content (AvgIpc) is 4.09. The lowest BCUT2D eigenvalue weighted by Crippen LogP contribution is -2.20. The van der Waals surface area contributed by atoms with Crippen LogP contribution < -0.4 is 18.9 Å². The summed E-state index contributed by atoms with van der Waals surface area (Å²) >= 11 is 0. The van der Waals surface area contributed by atoms with Crippen molar-refractivity contribution >= 4 is 0 Å². The highest BCUT2D eigenvalue weighted by molar-refractivity contribution is 5.50. The molecule has 6 atom stereocenters. The zero-order valence-corrected chi connectivity index (χ0v) is 39.1. The minimum Gasteiger partial charge on any atom is -0.491 e. The van der Waals surface area contributed by atoms with Gasteiger partial charge in [0, 0.05) is 23.7 Å². The largest absolute Gasteiger partial charge is 0.491 e. The number of ether oxygens (including phenoxy) is 10. The van der Waals surface area contributed by atoms with E-state index in [1.807, 2.05) is 6.08 Å². The van der Waals surface area contributed by atoms with Crippen molar-refractivity contribution in [1.82, 2.24) is 0 Å². The van der Waals surface area contributed by atoms with Crippen LogP contribution in [0.15, 0.2) is 85.5 Å². The number of aryl methyl sites for hydroxylation is 1. The Hall–Kier alpha value is -4.42. The van der Waals surface area contributed by atoms with Crippen LogP contribution in [-0.4, -0.2) is 103 Å². The van der Waals surface area contributed by atoms with Crippen molar-refractivity contribution in [2.24, 2.45) is 0 Å². The molecule has 0 saturated carbocycles. The van der Waals surface area contributed by atoms with Crippen molar-refractivity contribution in [2.75, 3.05) is 66.1 Å². The van der Waals surface area contributed by atoms with E-state index in [0.29, 0.717) is 38.6 Å². The molecule has 6 aliphatic rings. The molecule has 6 unspecified atom stereocenters. The Labute approximate surface area is 385 Å². The highest BCUT2D eigenvalue weighted by Crippen LogP contribution is 2.40. The summed E-state index contributed by atoms with van der Waals surface area (Å²) in [6.07, 6.45) is 9.43. The summed E-state index contributed by atoms with van der Waals surface area (Å²) < 4.78 is 56.5. The molecule has 0 aromatic heterocycles. The van der Waals surface area contributed by atoms with Crippen molar-refractivity contribution in [1.29, 1.82) is 0 Å². The number of benzene rings is 4. The van der Waals surface area contributed by atoms with Gasteiger partial charge in [-0.1, -0.05) is 95.6 Å². The maximum Gasteiger partial charge on any atom is 0.122 e. The lowest BCUT2D eigenvalue weighted by Gasteiger charge is -2.28. The lowest BCUT2D eigenvalue weighted by molar-refractivity contribution is 0.260. The van der Waals surface area contributed by atoms with E-state index in [1.54, 1.807) is 0 Å². The molecule has 348 valence electrons. The number of allylic oxidation sites excluding steroid dienone is 1. The molecular weight excluding hydrogens is 821 g/mol. The third kappa shape index (κ3) is 12.7. The summed E-state index contributed by atoms with van der Waals surface area (Å²) in [4.78, 5) is 0. The Bertz CT molecular complexity index is 2240. The quantitative estimate of drug-likeness (QED) is 0.0472. The van der Waals surface area contributed by atoms with Crippen molar-refractivity contribution in [2.45, 2.75) is 121 Å². The highest BCUT2D eigenvalue weighted by Gasteiger charge is 2.32. The molecule has 6 aliphatic heterocycles. The van der Waals surface area contributed by atoms with Crippen LogP contribution in [-0.2, 0) is 64.9 Å². The molecule has 4 aromatic rings. The Morgan fingerprint density at radius 3 is 1.11 bits per heavy atom. The predicted molar refractivity (Wildman–Crippen MR) is 250 cm³/mol. The van der Waals surface area contributed by atoms with Crippen LogP contribution in [0.1, 0.15) is 92.0 Å². The molecule has 0 N–H and O–H groups in total. The SMILES string of the molecule is C=CCc1cc(C(C)(C)c2ccc(OCC3CO3)c(CC3CO3)c2)ccc1OCC1CO1.CCCCc1cc(C(C)(C)c2ccc(OCC3CO3)c(CC3CO3)c2)ccc1OCC1CO1. The van der Waals surface area contributed by atoms with Crippen molar-refractivity contribution < 1.29 is 47.4 Å². The lowest BCUT2D eigenvalue weighted by atomic mass is 9.76. The second kappa shape index (κ2) is 20.2. The van der Waals surface area contributed by atoms with Crippen LogP contribution in [0.25, 0.3) is 0 Å². The van der Waals surface area contributed by atoms with Gasteiger partial charge in [0.1, 0.15) is 73.8 Å². The maximum atomic E-state index is 6.10. The molecule has 6 fully saturated rings. The van der Waals surface area contributed by atoms with Gasteiger partial charge in [0.2, 0.25) is 0 Å². The molecule has 0 radical (unpaired) electrons. The third-order valence-corrected chi connectivity index (χ3v) is 13.3. The summed E-state index contributed by atoms with van der Waals surface area (Å²) in [7, 11) is 0. The summed E-state index contributed by atoms with van der Waals surface area (Å²) in [6, 6.07) is 26.4. The minimum atomic E-state index is -0.175. The van der Waals surface area contributed by atoms with E-state index in [0.717, 1.165) is 100 Å². The van der Waals surface area contributed by atoms with Gasteiger partial charge in [-0.05, 0) is 88.0 Å². The van der Waals surface area contributed by atoms with Crippen LogP contribution in [0.2, 0.25) is 0 Å². The molecule has 65 heavy (non-hydrogen) atoms. The zero-order valence-electron chi connectivity index (χ0n) is 39.1. The first-order valence-corrected chi connectivity index (χ1v) is 23.9. The monoisotopic (exact) mass is 888 g/mol. The average molecular weight is 889 g/mol. The van der Waals surface area contributed by atoms with Gasteiger partial charge in [0.05, 0.1) is 51.8 Å². The fourth-order valence-electron chi connectivity index (χ4n) is 8.22. The Morgan fingerprint density at radius 2 is 0.785 bits per heavy atom. The van der Waals surface area contributed by atoms with Gasteiger partial charge in [-0.15, -0.1) is 6.58 Å². The van der Waals surface area contributed by atoms with E-state index in [4.69, 9.17) is 47.4 Å². The summed E-state index contributed by atoms with van der Waals surface area (Å²) in [5, 5.41) is 0. The van der Waals surface area contributed by atoms with Gasteiger partial charge in [-0.3, -0.25) is 0 Å². The first kappa shape index (κ1) is 45.7. The molecule has 10 rings (SSSR count). The first-order chi connectivity index (χ1) is 31.5. The molecule has 10 heteroatoms. The number of hydrogen-bond acceptors (Lipinski definition) is 10. The molecule has 0 spiro atoms. The zero-order chi connectivity index (χ0) is 45.0. The van der Waals surface area contributed by atoms with Gasteiger partial charge in [0.15, 0.2) is 0 Å². The molecule has 10 nitrogen and oxygen atoms in total. The van der Waals surface area contributed by atoms with E-state index in [1.165, 1.54) is 45.4 Å². The van der Waals surface area contributed by atoms with E-state index >= 15 is 0 Å². The molecular formula is C55H68O10. The smallest absolute Gasteiger partial charge is 0.122 e. The van der Waals surface area contributed by atoms with Crippen LogP contribution in [0.4, 0.5) is 0 Å². The molecule has 0 aliphatic carbocycles. The second-order valence-corrected chi connectivity index (χ2v) is 19.5. The van der Waals surface area contributed by atoms with E-state index in [-0.39, 0.29) is 35.2 Å². The van der Waals surface area contributed by atoms with Crippen LogP contribution in [0.5, 0.6) is 23.0 Å². The number of epoxide rings is 6. The normalized spacial score (nSPS) is 23.4. The second-order valence-electron chi connectivity index (χ2n) is 19.5. The van der Waals surface area contributed by atoms with Crippen LogP contribution in [0, 0.1) is 0 Å². The van der Waals surface area contributed by atoms with Gasteiger partial charge in [0.25, 0.3) is 0 Å². The fraction of sp³-hybridized carbons (Fsp3) is 0.527. The highest BCUT2D eigenvalue weighted by atomic mass is 16.6. The molecule has 6 heterocycles. The van der Waals surface area contributed by atoms with Crippen LogP contribution in [0.3, 0.4) is 0 Å². The molecule has 6 saturated heterocycles. The maximum absolute atomic E-state index is 6.10. The van der Waals surface area contributed by atoms with Crippen molar-refractivity contribution in [3.63, 3.8) is 0 Å².